The van der Waals surface area contributed by atoms with Gasteiger partial charge in [0.15, 0.2) is 0 Å². The highest BCUT2D eigenvalue weighted by atomic mass is 16.5. The van der Waals surface area contributed by atoms with Gasteiger partial charge in [0.25, 0.3) is 12.9 Å². The molecule has 0 radical (unpaired) electrons. The monoisotopic (exact) mass is 390 g/mol. The van der Waals surface area contributed by atoms with Crippen LogP contribution in [0, 0.1) is 41.5 Å². The fraction of sp³-hybridized carbons (Fsp3) is 0.364. The Morgan fingerprint density at radius 3 is 1.54 bits per heavy atom. The van der Waals surface area contributed by atoms with E-state index in [2.05, 4.69) is 18.4 Å². The van der Waals surface area contributed by atoms with Crippen molar-refractivity contribution in [2.24, 2.45) is 11.5 Å². The lowest BCUT2D eigenvalue weighted by atomic mass is 10.0. The summed E-state index contributed by atoms with van der Waals surface area (Å²) in [5.41, 5.74) is 16.0. The summed E-state index contributed by atoms with van der Waals surface area (Å²) in [4.78, 5) is 20.2. The lowest BCUT2D eigenvalue weighted by molar-refractivity contribution is -0.121. The summed E-state index contributed by atoms with van der Waals surface area (Å²) >= 11 is 0. The van der Waals surface area contributed by atoms with Gasteiger partial charge in [-0.15, -0.1) is 0 Å². The average molecular weight is 391 g/mol. The number of hydrogen-bond acceptors (Lipinski definition) is 6. The molecule has 6 nitrogen and oxygen atoms in total. The topological polar surface area (TPSA) is 105 Å². The minimum Gasteiger partial charge on any atom is -0.429 e. The lowest BCUT2D eigenvalue weighted by Crippen LogP contribution is -1.94. The van der Waals surface area contributed by atoms with Gasteiger partial charge in [0.05, 0.1) is 0 Å². The van der Waals surface area contributed by atoms with Gasteiger partial charge in [0.2, 0.25) is 0 Å². The first-order valence-electron chi connectivity index (χ1n) is 8.82. The van der Waals surface area contributed by atoms with E-state index in [4.69, 9.17) is 9.47 Å². The fourth-order valence-electron chi connectivity index (χ4n) is 2.23. The first-order chi connectivity index (χ1) is 13.3. The maximum atomic E-state index is 10.1. The predicted molar refractivity (Wildman–Crippen MR) is 115 cm³/mol. The number of nitrogens with two attached hydrogens (primary N) is 2. The Morgan fingerprint density at radius 1 is 0.643 bits per heavy atom. The quantitative estimate of drug-likeness (QED) is 0.775. The van der Waals surface area contributed by atoms with E-state index < -0.39 is 0 Å². The summed E-state index contributed by atoms with van der Waals surface area (Å²) in [5.74, 6) is 1.26. The summed E-state index contributed by atoms with van der Waals surface area (Å²) in [6.45, 7) is 13.0. The van der Waals surface area contributed by atoms with Crippen LogP contribution in [0.3, 0.4) is 0 Å². The maximum Gasteiger partial charge on any atom is 0.298 e. The normalized spacial score (nSPS) is 8.64. The van der Waals surface area contributed by atoms with Crippen molar-refractivity contribution in [3.8, 4) is 11.5 Å². The molecule has 0 spiro atoms. The molecule has 0 aliphatic carbocycles. The largest absolute Gasteiger partial charge is 0.429 e. The highest BCUT2D eigenvalue weighted by Crippen LogP contribution is 2.23. The molecule has 6 heteroatoms. The first-order valence-corrected chi connectivity index (χ1v) is 8.82. The van der Waals surface area contributed by atoms with Crippen LogP contribution in [0.4, 0.5) is 0 Å². The second-order valence-electron chi connectivity index (χ2n) is 5.74. The number of benzene rings is 2. The van der Waals surface area contributed by atoms with E-state index in [-0.39, 0.29) is 0 Å². The zero-order chi connectivity index (χ0) is 22.3. The van der Waals surface area contributed by atoms with Crippen molar-refractivity contribution in [1.82, 2.24) is 0 Å². The Kier molecular flexibility index (Phi) is 15.1. The van der Waals surface area contributed by atoms with Gasteiger partial charge in [0.1, 0.15) is 11.5 Å². The highest BCUT2D eigenvalue weighted by molar-refractivity contribution is 5.51. The van der Waals surface area contributed by atoms with Crippen LogP contribution in [-0.2, 0) is 9.59 Å². The second kappa shape index (κ2) is 15.4. The van der Waals surface area contributed by atoms with Crippen molar-refractivity contribution < 1.29 is 19.1 Å². The highest BCUT2D eigenvalue weighted by Gasteiger charge is 2.03. The molecule has 156 valence electrons. The molecule has 2 rings (SSSR count). The number of carbonyl (C=O) groups is 2. The molecule has 0 amide bonds. The molecular formula is C22H34N2O4. The van der Waals surface area contributed by atoms with Crippen LogP contribution >= 0.6 is 0 Å². The van der Waals surface area contributed by atoms with Gasteiger partial charge >= 0.3 is 0 Å². The Morgan fingerprint density at radius 2 is 1.11 bits per heavy atom. The summed E-state index contributed by atoms with van der Waals surface area (Å²) in [7, 11) is 3.00. The van der Waals surface area contributed by atoms with Crippen LogP contribution in [0.5, 0.6) is 11.5 Å². The SMILES string of the molecule is CN.CN.Cc1cc(OC=O)cc(C)c1C.Cc1ccc(OC=O)c(C)c1C. The maximum absolute atomic E-state index is 10.1. The zero-order valence-corrected chi connectivity index (χ0v) is 18.3. The second-order valence-corrected chi connectivity index (χ2v) is 5.74. The van der Waals surface area contributed by atoms with E-state index >= 15 is 0 Å². The van der Waals surface area contributed by atoms with Crippen LogP contribution in [0.25, 0.3) is 0 Å². The van der Waals surface area contributed by atoms with Crippen molar-refractivity contribution in [3.05, 3.63) is 57.6 Å². The smallest absolute Gasteiger partial charge is 0.298 e. The molecule has 0 saturated carbocycles. The van der Waals surface area contributed by atoms with Gasteiger partial charge < -0.3 is 20.9 Å². The minimum absolute atomic E-state index is 0.448. The first kappa shape index (κ1) is 27.5. The van der Waals surface area contributed by atoms with Crippen molar-refractivity contribution in [1.29, 1.82) is 0 Å². The molecule has 0 aliphatic rings. The third-order valence-corrected chi connectivity index (χ3v) is 4.27. The molecule has 0 unspecified atom stereocenters. The Balaban J connectivity index is 0. The van der Waals surface area contributed by atoms with Crippen molar-refractivity contribution in [2.75, 3.05) is 14.1 Å². The standard InChI is InChI=1S/2C10H12O2.2CH5N/c1-7-4-10(12-6-11)5-8(2)9(7)3;1-7-4-5-10(12-6-11)9(3)8(7)2;2*1-2/h2*4-6H,1-3H3;2*2H2,1H3. The van der Waals surface area contributed by atoms with Gasteiger partial charge in [-0.05, 0) is 107 Å². The van der Waals surface area contributed by atoms with E-state index in [0.717, 1.165) is 16.7 Å². The van der Waals surface area contributed by atoms with E-state index in [0.29, 0.717) is 24.4 Å². The van der Waals surface area contributed by atoms with Crippen LogP contribution in [-0.4, -0.2) is 27.0 Å². The van der Waals surface area contributed by atoms with Crippen molar-refractivity contribution in [3.63, 3.8) is 0 Å². The number of aryl methyl sites for hydroxylation is 3. The number of ether oxygens (including phenoxy) is 2. The fourth-order valence-corrected chi connectivity index (χ4v) is 2.23. The Labute approximate surface area is 168 Å². The molecule has 2 aromatic carbocycles. The number of carbonyl (C=O) groups excluding carboxylic acids is 2. The Bertz CT molecular complexity index is 721. The molecular weight excluding hydrogens is 356 g/mol. The van der Waals surface area contributed by atoms with Crippen LogP contribution in [0.15, 0.2) is 24.3 Å². The van der Waals surface area contributed by atoms with Crippen LogP contribution < -0.4 is 20.9 Å². The van der Waals surface area contributed by atoms with Gasteiger partial charge in [-0.25, -0.2) is 0 Å². The average Bonchev–Trinajstić information content (AvgIpc) is 2.70. The van der Waals surface area contributed by atoms with Gasteiger partial charge in [-0.3, -0.25) is 9.59 Å². The van der Waals surface area contributed by atoms with E-state index in [9.17, 15) is 9.59 Å². The Hall–Kier alpha value is -2.70. The molecule has 28 heavy (non-hydrogen) atoms. The van der Waals surface area contributed by atoms with E-state index in [1.165, 1.54) is 30.8 Å². The zero-order valence-electron chi connectivity index (χ0n) is 18.3. The van der Waals surface area contributed by atoms with Crippen molar-refractivity contribution in [2.45, 2.75) is 41.5 Å². The number of rotatable bonds is 4. The predicted octanol–water partition coefficient (Wildman–Crippen LogP) is 3.44. The van der Waals surface area contributed by atoms with E-state index in [1.54, 1.807) is 0 Å². The molecule has 0 bridgehead atoms. The molecule has 0 heterocycles. The number of hydrogen-bond donors (Lipinski definition) is 2. The summed E-state index contributed by atoms with van der Waals surface area (Å²) in [5, 5.41) is 0. The van der Waals surface area contributed by atoms with Crippen LogP contribution in [0.2, 0.25) is 0 Å². The van der Waals surface area contributed by atoms with Gasteiger partial charge in [-0.1, -0.05) is 6.07 Å². The third kappa shape index (κ3) is 8.79. The van der Waals surface area contributed by atoms with Gasteiger partial charge in [0, 0.05) is 0 Å². The van der Waals surface area contributed by atoms with Gasteiger partial charge in [-0.2, -0.15) is 0 Å². The molecule has 4 N–H and O–H groups in total. The molecule has 0 saturated heterocycles. The van der Waals surface area contributed by atoms with Crippen molar-refractivity contribution >= 4 is 12.9 Å². The molecule has 0 atom stereocenters. The minimum atomic E-state index is 0.448. The summed E-state index contributed by atoms with van der Waals surface area (Å²) < 4.78 is 9.53. The molecule has 2 aromatic rings. The lowest BCUT2D eigenvalue weighted by Gasteiger charge is -2.07. The molecule has 0 fully saturated rings. The molecule has 0 aromatic heterocycles. The van der Waals surface area contributed by atoms with E-state index in [1.807, 2.05) is 58.9 Å². The van der Waals surface area contributed by atoms with Crippen LogP contribution in [0.1, 0.15) is 33.4 Å². The molecule has 0 aliphatic heterocycles. The summed E-state index contributed by atoms with van der Waals surface area (Å²) in [6, 6.07) is 7.47. The third-order valence-electron chi connectivity index (χ3n) is 4.27. The summed E-state index contributed by atoms with van der Waals surface area (Å²) in [6.07, 6.45) is 0.